The number of nitrogens with two attached hydrogens (primary N) is 1. The van der Waals surface area contributed by atoms with Crippen LogP contribution in [0, 0.1) is 5.82 Å². The van der Waals surface area contributed by atoms with E-state index in [2.05, 4.69) is 15.2 Å². The number of nitrogens with zero attached hydrogens (tertiary/aromatic N) is 4. The molecule has 3 aromatic heterocycles. The number of rotatable bonds is 5. The number of hydrogen-bond donors (Lipinski definition) is 1. The second-order valence-corrected chi connectivity index (χ2v) is 9.97. The first-order valence-corrected chi connectivity index (χ1v) is 12.4. The van der Waals surface area contributed by atoms with Crippen LogP contribution in [-0.4, -0.2) is 38.7 Å². The third-order valence-corrected chi connectivity index (χ3v) is 7.67. The highest BCUT2D eigenvalue weighted by Gasteiger charge is 2.40. The zero-order chi connectivity index (χ0) is 24.7. The Bertz CT molecular complexity index is 1600. The molecule has 36 heavy (non-hydrogen) atoms. The Balaban J connectivity index is 1.38. The van der Waals surface area contributed by atoms with Crippen LogP contribution in [0.1, 0.15) is 18.4 Å². The number of fused-ring (bicyclic) bond motifs is 3. The number of aromatic nitrogens is 4. The van der Waals surface area contributed by atoms with Gasteiger partial charge in [-0.3, -0.25) is 14.2 Å². The summed E-state index contributed by atoms with van der Waals surface area (Å²) < 4.78 is 22.1. The molecule has 0 radical (unpaired) electrons. The maximum atomic E-state index is 14.7. The molecule has 0 unspecified atom stereocenters. The summed E-state index contributed by atoms with van der Waals surface area (Å²) in [5.41, 5.74) is 7.89. The Morgan fingerprint density at radius 3 is 2.64 bits per heavy atom. The van der Waals surface area contributed by atoms with E-state index >= 15 is 0 Å². The fourth-order valence-electron chi connectivity index (χ4n) is 4.83. The maximum absolute atomic E-state index is 14.7. The van der Waals surface area contributed by atoms with E-state index < -0.39 is 17.1 Å². The summed E-state index contributed by atoms with van der Waals surface area (Å²) in [5.74, 6) is -0.173. The summed E-state index contributed by atoms with van der Waals surface area (Å²) in [7, 11) is 0. The lowest BCUT2D eigenvalue weighted by molar-refractivity contribution is -0.127. The smallest absolute Gasteiger partial charge is 0.228 e. The SMILES string of the molecule is NC(=O)C1(c2cc(F)cc(Sc3ccc4c(ccc5nnc(-c6ccccn6)n54)c3)c2)CCOCC1. The van der Waals surface area contributed by atoms with Crippen molar-refractivity contribution in [1.82, 2.24) is 19.6 Å². The molecule has 1 saturated heterocycles. The third-order valence-electron chi connectivity index (χ3n) is 6.71. The van der Waals surface area contributed by atoms with Gasteiger partial charge < -0.3 is 10.5 Å². The van der Waals surface area contributed by atoms with Gasteiger partial charge in [0, 0.05) is 29.2 Å². The molecule has 5 aromatic rings. The predicted octanol–water partition coefficient (Wildman–Crippen LogP) is 4.77. The monoisotopic (exact) mass is 499 g/mol. The van der Waals surface area contributed by atoms with Crippen molar-refractivity contribution >= 4 is 34.2 Å². The first kappa shape index (κ1) is 22.6. The van der Waals surface area contributed by atoms with Crippen LogP contribution < -0.4 is 5.73 Å². The molecule has 4 heterocycles. The number of halogens is 1. The predicted molar refractivity (Wildman–Crippen MR) is 135 cm³/mol. The molecule has 0 atom stereocenters. The topological polar surface area (TPSA) is 95.4 Å². The summed E-state index contributed by atoms with van der Waals surface area (Å²) in [4.78, 5) is 18.5. The van der Waals surface area contributed by atoms with Crippen LogP contribution >= 0.6 is 11.8 Å². The second-order valence-electron chi connectivity index (χ2n) is 8.82. The average Bonchev–Trinajstić information content (AvgIpc) is 3.34. The molecule has 0 spiro atoms. The van der Waals surface area contributed by atoms with Crippen molar-refractivity contribution in [1.29, 1.82) is 0 Å². The van der Waals surface area contributed by atoms with Gasteiger partial charge in [-0.05, 0) is 84.5 Å². The first-order valence-electron chi connectivity index (χ1n) is 11.6. The lowest BCUT2D eigenvalue weighted by Crippen LogP contribution is -2.45. The highest BCUT2D eigenvalue weighted by molar-refractivity contribution is 7.99. The summed E-state index contributed by atoms with van der Waals surface area (Å²) in [5, 5.41) is 9.63. The van der Waals surface area contributed by atoms with E-state index in [1.165, 1.54) is 23.9 Å². The van der Waals surface area contributed by atoms with Gasteiger partial charge in [0.15, 0.2) is 11.5 Å². The lowest BCUT2D eigenvalue weighted by atomic mass is 9.73. The van der Waals surface area contributed by atoms with Gasteiger partial charge in [0.05, 0.1) is 10.9 Å². The number of hydrogen-bond acceptors (Lipinski definition) is 6. The highest BCUT2D eigenvalue weighted by Crippen LogP contribution is 2.39. The second kappa shape index (κ2) is 9.00. The van der Waals surface area contributed by atoms with E-state index in [1.54, 1.807) is 6.20 Å². The molecule has 9 heteroatoms. The summed E-state index contributed by atoms with van der Waals surface area (Å²) >= 11 is 1.44. The van der Waals surface area contributed by atoms with Gasteiger partial charge in [0.1, 0.15) is 11.5 Å². The minimum absolute atomic E-state index is 0.394. The molecule has 2 aromatic carbocycles. The van der Waals surface area contributed by atoms with Crippen molar-refractivity contribution < 1.29 is 13.9 Å². The Morgan fingerprint density at radius 2 is 1.86 bits per heavy atom. The standard InChI is InChI=1S/C27H22FN5O2S/c28-19-14-18(27(26(29)34)8-11-35-12-9-27)15-21(16-19)36-20-5-6-23-17(13-20)4-7-24-31-32-25(33(23)24)22-3-1-2-10-30-22/h1-7,10,13-16H,8-9,11-12H2,(H2,29,34). The zero-order valence-electron chi connectivity index (χ0n) is 19.2. The van der Waals surface area contributed by atoms with Crippen LogP contribution in [0.5, 0.6) is 0 Å². The molecule has 1 amide bonds. The number of carbonyl (C=O) groups excluding carboxylic acids is 1. The van der Waals surface area contributed by atoms with Crippen LogP contribution in [0.2, 0.25) is 0 Å². The minimum atomic E-state index is -0.916. The molecule has 6 rings (SSSR count). The van der Waals surface area contributed by atoms with E-state index in [1.807, 2.05) is 59.0 Å². The number of primary amides is 1. The van der Waals surface area contributed by atoms with Crippen molar-refractivity contribution in [3.63, 3.8) is 0 Å². The van der Waals surface area contributed by atoms with Crippen molar-refractivity contribution in [3.05, 3.63) is 84.3 Å². The molecule has 0 saturated carbocycles. The van der Waals surface area contributed by atoms with Gasteiger partial charge in [-0.2, -0.15) is 0 Å². The number of benzene rings is 2. The molecule has 1 aliphatic rings. The molecule has 1 fully saturated rings. The van der Waals surface area contributed by atoms with E-state index in [0.29, 0.717) is 42.3 Å². The fourth-order valence-corrected chi connectivity index (χ4v) is 5.78. The Morgan fingerprint density at radius 1 is 1.00 bits per heavy atom. The summed E-state index contributed by atoms with van der Waals surface area (Å²) in [6.07, 6.45) is 2.62. The highest BCUT2D eigenvalue weighted by atomic mass is 32.2. The van der Waals surface area contributed by atoms with Crippen molar-refractivity contribution in [2.24, 2.45) is 5.73 Å². The molecule has 1 aliphatic heterocycles. The molecule has 7 nitrogen and oxygen atoms in total. The molecule has 180 valence electrons. The van der Waals surface area contributed by atoms with Crippen molar-refractivity contribution in [2.45, 2.75) is 28.0 Å². The molecular weight excluding hydrogens is 477 g/mol. The molecule has 2 N–H and O–H groups in total. The zero-order valence-corrected chi connectivity index (χ0v) is 20.0. The van der Waals surface area contributed by atoms with Crippen LogP contribution in [0.4, 0.5) is 4.39 Å². The van der Waals surface area contributed by atoms with Crippen molar-refractivity contribution in [2.75, 3.05) is 13.2 Å². The lowest BCUT2D eigenvalue weighted by Gasteiger charge is -2.34. The summed E-state index contributed by atoms with van der Waals surface area (Å²) in [6, 6.07) is 20.4. The molecular formula is C27H22FN5O2S. The van der Waals surface area contributed by atoms with Crippen molar-refractivity contribution in [3.8, 4) is 11.5 Å². The van der Waals surface area contributed by atoms with Crippen LogP contribution in [0.3, 0.4) is 0 Å². The van der Waals surface area contributed by atoms with Gasteiger partial charge in [0.25, 0.3) is 0 Å². The largest absolute Gasteiger partial charge is 0.381 e. The van der Waals surface area contributed by atoms with E-state index in [4.69, 9.17) is 10.5 Å². The van der Waals surface area contributed by atoms with Gasteiger partial charge in [-0.15, -0.1) is 10.2 Å². The fraction of sp³-hybridized carbons (Fsp3) is 0.185. The molecule has 0 bridgehead atoms. The van der Waals surface area contributed by atoms with E-state index in [0.717, 1.165) is 27.1 Å². The quantitative estimate of drug-likeness (QED) is 0.374. The maximum Gasteiger partial charge on any atom is 0.228 e. The first-order chi connectivity index (χ1) is 17.5. The van der Waals surface area contributed by atoms with Gasteiger partial charge in [-0.25, -0.2) is 4.39 Å². The van der Waals surface area contributed by atoms with E-state index in [-0.39, 0.29) is 0 Å². The van der Waals surface area contributed by atoms with Crippen LogP contribution in [-0.2, 0) is 14.9 Å². The number of carbonyl (C=O) groups is 1. The Kier molecular flexibility index (Phi) is 5.66. The van der Waals surface area contributed by atoms with E-state index in [9.17, 15) is 9.18 Å². The average molecular weight is 500 g/mol. The minimum Gasteiger partial charge on any atom is -0.381 e. The van der Waals surface area contributed by atoms with Crippen LogP contribution in [0.15, 0.2) is 82.7 Å². The third kappa shape index (κ3) is 3.90. The molecule has 0 aliphatic carbocycles. The van der Waals surface area contributed by atoms with Crippen LogP contribution in [0.25, 0.3) is 28.1 Å². The Hall–Kier alpha value is -3.82. The van der Waals surface area contributed by atoms with Gasteiger partial charge >= 0.3 is 0 Å². The normalized spacial score (nSPS) is 15.4. The van der Waals surface area contributed by atoms with Gasteiger partial charge in [0.2, 0.25) is 5.91 Å². The summed E-state index contributed by atoms with van der Waals surface area (Å²) in [6.45, 7) is 0.843. The van der Waals surface area contributed by atoms with Gasteiger partial charge in [-0.1, -0.05) is 17.8 Å². The number of amides is 1. The Labute approximate surface area is 210 Å². The number of pyridine rings is 2. The number of ether oxygens (including phenoxy) is 1.